The average molecular weight is 226 g/mol. The lowest BCUT2D eigenvalue weighted by molar-refractivity contribution is 0.572. The molecule has 0 saturated heterocycles. The van der Waals surface area contributed by atoms with Gasteiger partial charge in [0.1, 0.15) is 0 Å². The van der Waals surface area contributed by atoms with E-state index in [0.29, 0.717) is 12.0 Å². The summed E-state index contributed by atoms with van der Waals surface area (Å²) in [5.74, 6) is 0.672. The molecule has 2 atom stereocenters. The van der Waals surface area contributed by atoms with Crippen molar-refractivity contribution in [2.45, 2.75) is 31.2 Å². The fourth-order valence-electron chi connectivity index (χ4n) is 2.98. The van der Waals surface area contributed by atoms with E-state index in [1.807, 2.05) is 12.3 Å². The molecule has 0 bridgehead atoms. The van der Waals surface area contributed by atoms with Crippen LogP contribution in [0.3, 0.4) is 0 Å². The number of rotatable bonds is 2. The van der Waals surface area contributed by atoms with Crippen molar-refractivity contribution in [2.75, 3.05) is 7.05 Å². The lowest BCUT2D eigenvalue weighted by Gasteiger charge is -2.13. The summed E-state index contributed by atoms with van der Waals surface area (Å²) in [5.41, 5.74) is 2.62. The van der Waals surface area contributed by atoms with Crippen LogP contribution in [-0.4, -0.2) is 18.1 Å². The first-order valence-electron chi connectivity index (χ1n) is 6.39. The Morgan fingerprint density at radius 2 is 2.06 bits per heavy atom. The van der Waals surface area contributed by atoms with Gasteiger partial charge in [-0.15, -0.1) is 0 Å². The van der Waals surface area contributed by atoms with Crippen molar-refractivity contribution in [1.29, 1.82) is 0 Å². The first-order valence-corrected chi connectivity index (χ1v) is 6.39. The third kappa shape index (κ3) is 1.93. The molecule has 0 radical (unpaired) electrons. The van der Waals surface area contributed by atoms with Crippen molar-refractivity contribution in [3.63, 3.8) is 0 Å². The van der Waals surface area contributed by atoms with E-state index in [2.05, 4.69) is 41.6 Å². The molecular formula is C15H18N2. The number of benzene rings is 1. The third-order valence-corrected chi connectivity index (χ3v) is 3.94. The highest BCUT2D eigenvalue weighted by atomic mass is 14.9. The molecule has 2 unspecified atom stereocenters. The van der Waals surface area contributed by atoms with Gasteiger partial charge in [-0.2, -0.15) is 0 Å². The summed E-state index contributed by atoms with van der Waals surface area (Å²) in [6.07, 6.45) is 5.70. The first kappa shape index (κ1) is 10.7. The summed E-state index contributed by atoms with van der Waals surface area (Å²) in [5, 5.41) is 4.65. The van der Waals surface area contributed by atoms with Gasteiger partial charge in [0, 0.05) is 17.6 Å². The second-order valence-corrected chi connectivity index (χ2v) is 4.92. The lowest BCUT2D eigenvalue weighted by atomic mass is 9.95. The van der Waals surface area contributed by atoms with Gasteiger partial charge in [-0.1, -0.05) is 24.3 Å². The van der Waals surface area contributed by atoms with E-state index < -0.39 is 0 Å². The third-order valence-electron chi connectivity index (χ3n) is 3.94. The molecule has 1 aliphatic rings. The SMILES string of the molecule is CNC1CCC(c2cccc3cccnc23)C1. The van der Waals surface area contributed by atoms with E-state index in [-0.39, 0.29) is 0 Å². The van der Waals surface area contributed by atoms with Crippen molar-refractivity contribution in [3.8, 4) is 0 Å². The topological polar surface area (TPSA) is 24.9 Å². The Balaban J connectivity index is 2.00. The Kier molecular flexibility index (Phi) is 2.81. The quantitative estimate of drug-likeness (QED) is 0.851. The Bertz CT molecular complexity index is 516. The van der Waals surface area contributed by atoms with E-state index >= 15 is 0 Å². The number of nitrogens with zero attached hydrogens (tertiary/aromatic N) is 1. The van der Waals surface area contributed by atoms with Crippen LogP contribution in [0.15, 0.2) is 36.5 Å². The van der Waals surface area contributed by atoms with Crippen molar-refractivity contribution in [2.24, 2.45) is 0 Å². The van der Waals surface area contributed by atoms with E-state index in [4.69, 9.17) is 0 Å². The molecule has 0 spiro atoms. The van der Waals surface area contributed by atoms with E-state index in [1.165, 1.54) is 35.7 Å². The molecule has 1 fully saturated rings. The Hall–Kier alpha value is -1.41. The fourth-order valence-corrected chi connectivity index (χ4v) is 2.98. The smallest absolute Gasteiger partial charge is 0.0736 e. The average Bonchev–Trinajstić information content (AvgIpc) is 2.87. The molecule has 1 aliphatic carbocycles. The molecule has 88 valence electrons. The van der Waals surface area contributed by atoms with Crippen molar-refractivity contribution < 1.29 is 0 Å². The van der Waals surface area contributed by atoms with E-state index in [1.54, 1.807) is 0 Å². The number of nitrogens with one attached hydrogen (secondary N) is 1. The van der Waals surface area contributed by atoms with Gasteiger partial charge >= 0.3 is 0 Å². The normalized spacial score (nSPS) is 24.3. The maximum Gasteiger partial charge on any atom is 0.0736 e. The van der Waals surface area contributed by atoms with Gasteiger partial charge in [-0.25, -0.2) is 0 Å². The Morgan fingerprint density at radius 1 is 1.18 bits per heavy atom. The zero-order valence-corrected chi connectivity index (χ0v) is 10.2. The van der Waals surface area contributed by atoms with Crippen molar-refractivity contribution >= 4 is 10.9 Å². The van der Waals surface area contributed by atoms with Crippen LogP contribution in [0.25, 0.3) is 10.9 Å². The minimum Gasteiger partial charge on any atom is -0.317 e. The molecular weight excluding hydrogens is 208 g/mol. The van der Waals surface area contributed by atoms with E-state index in [0.717, 1.165) is 0 Å². The Labute approximate surface area is 102 Å². The predicted molar refractivity (Wildman–Crippen MR) is 71.2 cm³/mol. The lowest BCUT2D eigenvalue weighted by Crippen LogP contribution is -2.21. The van der Waals surface area contributed by atoms with Crippen molar-refractivity contribution in [3.05, 3.63) is 42.1 Å². The monoisotopic (exact) mass is 226 g/mol. The molecule has 0 aliphatic heterocycles. The van der Waals surface area contributed by atoms with Crippen LogP contribution in [0.2, 0.25) is 0 Å². The van der Waals surface area contributed by atoms with Gasteiger partial charge in [-0.3, -0.25) is 4.98 Å². The number of fused-ring (bicyclic) bond motifs is 1. The van der Waals surface area contributed by atoms with Gasteiger partial charge in [0.15, 0.2) is 0 Å². The molecule has 1 aromatic heterocycles. The predicted octanol–water partition coefficient (Wildman–Crippen LogP) is 3.09. The number of hydrogen-bond donors (Lipinski definition) is 1. The summed E-state index contributed by atoms with van der Waals surface area (Å²) in [6, 6.07) is 11.4. The number of hydrogen-bond acceptors (Lipinski definition) is 2. The maximum absolute atomic E-state index is 4.56. The van der Waals surface area contributed by atoms with Gasteiger partial charge < -0.3 is 5.32 Å². The molecule has 2 aromatic rings. The number of aromatic nitrogens is 1. The van der Waals surface area contributed by atoms with Gasteiger partial charge in [0.25, 0.3) is 0 Å². The van der Waals surface area contributed by atoms with Crippen LogP contribution < -0.4 is 5.32 Å². The number of pyridine rings is 1. The van der Waals surface area contributed by atoms with Crippen LogP contribution >= 0.6 is 0 Å². The van der Waals surface area contributed by atoms with Crippen LogP contribution in [0, 0.1) is 0 Å². The standard InChI is InChI=1S/C15H18N2/c1-16-13-8-7-12(10-13)14-6-2-4-11-5-3-9-17-15(11)14/h2-6,9,12-13,16H,7-8,10H2,1H3. The highest BCUT2D eigenvalue weighted by molar-refractivity contribution is 5.82. The molecule has 1 N–H and O–H groups in total. The molecule has 3 rings (SSSR count). The molecule has 1 aromatic carbocycles. The minimum atomic E-state index is 0.672. The van der Waals surface area contributed by atoms with Crippen LogP contribution in [0.1, 0.15) is 30.7 Å². The van der Waals surface area contributed by atoms with Crippen LogP contribution in [0.4, 0.5) is 0 Å². The largest absolute Gasteiger partial charge is 0.317 e. The second-order valence-electron chi connectivity index (χ2n) is 4.92. The Morgan fingerprint density at radius 3 is 2.88 bits per heavy atom. The zero-order chi connectivity index (χ0) is 11.7. The highest BCUT2D eigenvalue weighted by Gasteiger charge is 2.25. The van der Waals surface area contributed by atoms with E-state index in [9.17, 15) is 0 Å². The molecule has 1 heterocycles. The summed E-state index contributed by atoms with van der Waals surface area (Å²) < 4.78 is 0. The fraction of sp³-hybridized carbons (Fsp3) is 0.400. The molecule has 2 heteroatoms. The summed E-state index contributed by atoms with van der Waals surface area (Å²) in [6.45, 7) is 0. The number of para-hydroxylation sites is 1. The van der Waals surface area contributed by atoms with Crippen LogP contribution in [-0.2, 0) is 0 Å². The minimum absolute atomic E-state index is 0.672. The molecule has 2 nitrogen and oxygen atoms in total. The summed E-state index contributed by atoms with van der Waals surface area (Å²) >= 11 is 0. The van der Waals surface area contributed by atoms with Crippen molar-refractivity contribution in [1.82, 2.24) is 10.3 Å². The molecule has 1 saturated carbocycles. The summed E-state index contributed by atoms with van der Waals surface area (Å²) in [4.78, 5) is 4.56. The molecule has 17 heavy (non-hydrogen) atoms. The van der Waals surface area contributed by atoms with Gasteiger partial charge in [0.2, 0.25) is 0 Å². The second kappa shape index (κ2) is 4.46. The molecule has 0 amide bonds. The van der Waals surface area contributed by atoms with Crippen LogP contribution in [0.5, 0.6) is 0 Å². The zero-order valence-electron chi connectivity index (χ0n) is 10.2. The first-order chi connectivity index (χ1) is 8.38. The summed E-state index contributed by atoms with van der Waals surface area (Å²) in [7, 11) is 2.06. The van der Waals surface area contributed by atoms with Gasteiger partial charge in [0.05, 0.1) is 5.52 Å². The highest BCUT2D eigenvalue weighted by Crippen LogP contribution is 2.36. The maximum atomic E-state index is 4.56. The van der Waals surface area contributed by atoms with Gasteiger partial charge in [-0.05, 0) is 43.9 Å².